The molecule has 1 amide bonds. The number of carbonyl (C=O) groups is 1. The van der Waals surface area contributed by atoms with Gasteiger partial charge in [0.15, 0.2) is 0 Å². The Balaban J connectivity index is 1.33. The van der Waals surface area contributed by atoms with Gasteiger partial charge in [-0.2, -0.15) is 0 Å². The fourth-order valence-corrected chi connectivity index (χ4v) is 6.49. The number of benzene rings is 2. The Hall–Kier alpha value is -2.49. The second kappa shape index (κ2) is 7.58. The third kappa shape index (κ3) is 3.06. The van der Waals surface area contributed by atoms with Crippen LogP contribution in [0, 0.1) is 0 Å². The van der Waals surface area contributed by atoms with Crippen LogP contribution in [0.5, 0.6) is 11.5 Å². The van der Waals surface area contributed by atoms with Crippen LogP contribution in [0.25, 0.3) is 0 Å². The summed E-state index contributed by atoms with van der Waals surface area (Å²) in [5, 5.41) is 3.06. The molecule has 2 aromatic rings. The molecule has 2 aliphatic heterocycles. The first kappa shape index (κ1) is 19.2. The maximum absolute atomic E-state index is 11.6. The highest BCUT2D eigenvalue weighted by molar-refractivity contribution is 5.75. The van der Waals surface area contributed by atoms with E-state index in [0.717, 1.165) is 57.6 Å². The Morgan fingerprint density at radius 1 is 1.00 bits per heavy atom. The van der Waals surface area contributed by atoms with Crippen molar-refractivity contribution in [3.05, 3.63) is 57.1 Å². The van der Waals surface area contributed by atoms with Crippen LogP contribution in [0.4, 0.5) is 0 Å². The number of nitrogens with one attached hydrogen (secondary N) is 1. The monoisotopic (exact) mass is 417 g/mol. The van der Waals surface area contributed by atoms with Gasteiger partial charge >= 0.3 is 0 Å². The van der Waals surface area contributed by atoms with E-state index >= 15 is 0 Å². The number of aryl methyl sites for hydroxylation is 1. The molecule has 0 radical (unpaired) electrons. The average molecular weight is 418 g/mol. The number of amides is 1. The Kier molecular flexibility index (Phi) is 4.70. The van der Waals surface area contributed by atoms with E-state index in [2.05, 4.69) is 23.5 Å². The van der Waals surface area contributed by atoms with Crippen molar-refractivity contribution in [1.29, 1.82) is 0 Å². The summed E-state index contributed by atoms with van der Waals surface area (Å²) in [6.45, 7) is 4.31. The summed E-state index contributed by atoms with van der Waals surface area (Å²) in [6, 6.07) is 6.98. The first-order chi connectivity index (χ1) is 15.2. The van der Waals surface area contributed by atoms with E-state index in [-0.39, 0.29) is 5.91 Å². The smallest absolute Gasteiger partial charge is 0.219 e. The van der Waals surface area contributed by atoms with E-state index in [4.69, 9.17) is 9.47 Å². The highest BCUT2D eigenvalue weighted by Gasteiger charge is 2.36. The second-order valence-corrected chi connectivity index (χ2v) is 9.47. The molecule has 0 saturated heterocycles. The summed E-state index contributed by atoms with van der Waals surface area (Å²) in [7, 11) is 0. The highest BCUT2D eigenvalue weighted by atomic mass is 16.5. The molecule has 2 atom stereocenters. The fraction of sp³-hybridized carbons (Fsp3) is 0.519. The first-order valence-corrected chi connectivity index (χ1v) is 12.1. The highest BCUT2D eigenvalue weighted by Crippen LogP contribution is 2.51. The lowest BCUT2D eigenvalue weighted by atomic mass is 9.85. The van der Waals surface area contributed by atoms with Gasteiger partial charge in [0.2, 0.25) is 5.91 Å². The Morgan fingerprint density at radius 3 is 2.77 bits per heavy atom. The third-order valence-electron chi connectivity index (χ3n) is 7.91. The zero-order valence-electron chi connectivity index (χ0n) is 18.4. The molecule has 2 heterocycles. The van der Waals surface area contributed by atoms with Crippen LogP contribution in [0.2, 0.25) is 0 Å². The van der Waals surface area contributed by atoms with E-state index < -0.39 is 0 Å². The van der Waals surface area contributed by atoms with Gasteiger partial charge in [-0.05, 0) is 66.3 Å². The molecule has 1 N–H and O–H groups in total. The van der Waals surface area contributed by atoms with Gasteiger partial charge in [0.05, 0.1) is 13.2 Å². The molecule has 0 saturated carbocycles. The predicted octanol–water partition coefficient (Wildman–Crippen LogP) is 4.58. The van der Waals surface area contributed by atoms with Gasteiger partial charge in [0, 0.05) is 48.4 Å². The first-order valence-electron chi connectivity index (χ1n) is 12.1. The number of ether oxygens (including phenoxy) is 2. The number of carbonyl (C=O) groups excluding carboxylic acids is 1. The third-order valence-corrected chi connectivity index (χ3v) is 7.91. The van der Waals surface area contributed by atoms with Crippen molar-refractivity contribution in [2.24, 2.45) is 0 Å². The number of fused-ring (bicyclic) bond motifs is 6. The van der Waals surface area contributed by atoms with Crippen molar-refractivity contribution in [2.45, 2.75) is 70.1 Å². The van der Waals surface area contributed by atoms with Crippen LogP contribution >= 0.6 is 0 Å². The molecule has 1 unspecified atom stereocenters. The normalized spacial score (nSPS) is 22.4. The van der Waals surface area contributed by atoms with Crippen molar-refractivity contribution < 1.29 is 14.3 Å². The van der Waals surface area contributed by atoms with E-state index in [1.807, 2.05) is 6.92 Å². The lowest BCUT2D eigenvalue weighted by molar-refractivity contribution is -0.120. The van der Waals surface area contributed by atoms with Gasteiger partial charge in [-0.25, -0.2) is 0 Å². The molecule has 2 aromatic carbocycles. The summed E-state index contributed by atoms with van der Waals surface area (Å²) in [5.41, 5.74) is 10.5. The van der Waals surface area contributed by atoms with E-state index in [1.54, 1.807) is 5.56 Å². The Morgan fingerprint density at radius 2 is 1.87 bits per heavy atom. The molecular formula is C27H31NO3. The minimum absolute atomic E-state index is 0.152. The van der Waals surface area contributed by atoms with E-state index in [1.165, 1.54) is 52.0 Å². The number of rotatable bonds is 5. The second-order valence-electron chi connectivity index (χ2n) is 9.47. The molecule has 2 aliphatic carbocycles. The molecule has 0 fully saturated rings. The van der Waals surface area contributed by atoms with Crippen LogP contribution in [0.15, 0.2) is 18.2 Å². The molecule has 31 heavy (non-hydrogen) atoms. The summed E-state index contributed by atoms with van der Waals surface area (Å²) < 4.78 is 12.1. The zero-order valence-corrected chi connectivity index (χ0v) is 18.4. The minimum Gasteiger partial charge on any atom is -0.493 e. The minimum atomic E-state index is 0.152. The molecule has 6 rings (SSSR count). The SMILES string of the molecule is CCC(=O)NCC[C@@H]1CCc2cc(C3CCc4c3ccc3c4CCO3)c3c(c21)CCO3. The van der Waals surface area contributed by atoms with Crippen LogP contribution in [-0.2, 0) is 30.5 Å². The van der Waals surface area contributed by atoms with Crippen molar-refractivity contribution in [3.8, 4) is 11.5 Å². The van der Waals surface area contributed by atoms with Crippen LogP contribution in [0.3, 0.4) is 0 Å². The zero-order chi connectivity index (χ0) is 20.9. The molecule has 162 valence electrons. The standard InChI is InChI=1S/C27H31NO3/c1-2-25(29)28-12-9-16-3-4-17-15-23(27-22(26(16)17)11-14-31-27)20-6-5-19-18(20)7-8-24-21(19)10-13-30-24/h7-8,15-16,20H,2-6,9-14H2,1H3,(H,28,29)/t16-,20?/m0/s1. The van der Waals surface area contributed by atoms with Gasteiger partial charge in [-0.3, -0.25) is 4.79 Å². The Labute approximate surface area is 184 Å². The average Bonchev–Trinajstić information content (AvgIpc) is 3.56. The van der Waals surface area contributed by atoms with Gasteiger partial charge in [0.1, 0.15) is 11.5 Å². The van der Waals surface area contributed by atoms with Crippen molar-refractivity contribution >= 4 is 5.91 Å². The molecular weight excluding hydrogens is 386 g/mol. The predicted molar refractivity (Wildman–Crippen MR) is 120 cm³/mol. The lowest BCUT2D eigenvalue weighted by Crippen LogP contribution is -2.24. The van der Waals surface area contributed by atoms with Crippen molar-refractivity contribution in [1.82, 2.24) is 5.32 Å². The molecule has 4 aliphatic rings. The molecule has 4 nitrogen and oxygen atoms in total. The number of hydrogen-bond acceptors (Lipinski definition) is 3. The lowest BCUT2D eigenvalue weighted by Gasteiger charge is -2.21. The summed E-state index contributed by atoms with van der Waals surface area (Å²) in [6.07, 6.45) is 8.35. The van der Waals surface area contributed by atoms with Crippen molar-refractivity contribution in [3.63, 3.8) is 0 Å². The maximum atomic E-state index is 11.6. The summed E-state index contributed by atoms with van der Waals surface area (Å²) >= 11 is 0. The maximum Gasteiger partial charge on any atom is 0.219 e. The van der Waals surface area contributed by atoms with Crippen LogP contribution in [0.1, 0.15) is 83.4 Å². The summed E-state index contributed by atoms with van der Waals surface area (Å²) in [4.78, 5) is 11.6. The van der Waals surface area contributed by atoms with Gasteiger partial charge in [-0.15, -0.1) is 0 Å². The topological polar surface area (TPSA) is 47.6 Å². The Bertz CT molecular complexity index is 1060. The van der Waals surface area contributed by atoms with Gasteiger partial charge < -0.3 is 14.8 Å². The van der Waals surface area contributed by atoms with E-state index in [9.17, 15) is 4.79 Å². The fourth-order valence-electron chi connectivity index (χ4n) is 6.49. The number of hydrogen-bond donors (Lipinski definition) is 1. The molecule has 4 heteroatoms. The van der Waals surface area contributed by atoms with Crippen LogP contribution in [-0.4, -0.2) is 25.7 Å². The van der Waals surface area contributed by atoms with Crippen molar-refractivity contribution in [2.75, 3.05) is 19.8 Å². The quantitative estimate of drug-likeness (QED) is 0.775. The van der Waals surface area contributed by atoms with E-state index in [0.29, 0.717) is 18.3 Å². The molecule has 0 bridgehead atoms. The largest absolute Gasteiger partial charge is 0.493 e. The molecule has 0 aromatic heterocycles. The van der Waals surface area contributed by atoms with Gasteiger partial charge in [0.25, 0.3) is 0 Å². The van der Waals surface area contributed by atoms with Gasteiger partial charge in [-0.1, -0.05) is 19.1 Å². The summed E-state index contributed by atoms with van der Waals surface area (Å²) in [5.74, 6) is 3.43. The van der Waals surface area contributed by atoms with Crippen LogP contribution < -0.4 is 14.8 Å². The molecule has 0 spiro atoms.